The van der Waals surface area contributed by atoms with Crippen LogP contribution in [0.15, 0.2) is 24.3 Å². The Bertz CT molecular complexity index is 440. The summed E-state index contributed by atoms with van der Waals surface area (Å²) < 4.78 is 0. The van der Waals surface area contributed by atoms with Crippen LogP contribution in [0.4, 0.5) is 0 Å². The van der Waals surface area contributed by atoms with Crippen LogP contribution in [0.2, 0.25) is 5.02 Å². The number of hydrogen-bond donors (Lipinski definition) is 1. The predicted molar refractivity (Wildman–Crippen MR) is 76.1 cm³/mol. The number of aliphatic hydroxyl groups is 1. The van der Waals surface area contributed by atoms with Gasteiger partial charge in [0.1, 0.15) is 0 Å². The van der Waals surface area contributed by atoms with Crippen LogP contribution in [0.1, 0.15) is 25.3 Å². The second-order valence-corrected chi connectivity index (χ2v) is 5.70. The highest BCUT2D eigenvalue weighted by Crippen LogP contribution is 2.21. The van der Waals surface area contributed by atoms with Gasteiger partial charge in [0.25, 0.3) is 0 Å². The van der Waals surface area contributed by atoms with E-state index in [1.165, 1.54) is 0 Å². The highest BCUT2D eigenvalue weighted by atomic mass is 35.5. The molecule has 1 aliphatic rings. The molecule has 0 aromatic heterocycles. The zero-order chi connectivity index (χ0) is 13.8. The van der Waals surface area contributed by atoms with Crippen LogP contribution < -0.4 is 0 Å². The van der Waals surface area contributed by atoms with Crippen LogP contribution in [0, 0.1) is 5.92 Å². The third kappa shape index (κ3) is 3.95. The molecule has 1 aliphatic heterocycles. The van der Waals surface area contributed by atoms with Crippen LogP contribution in [0.3, 0.4) is 0 Å². The van der Waals surface area contributed by atoms with E-state index < -0.39 is 0 Å². The lowest BCUT2D eigenvalue weighted by Crippen LogP contribution is -2.41. The Hall–Kier alpha value is -1.06. The first kappa shape index (κ1) is 14.4. The highest BCUT2D eigenvalue weighted by Gasteiger charge is 2.25. The van der Waals surface area contributed by atoms with Crippen molar-refractivity contribution in [2.24, 2.45) is 5.92 Å². The molecule has 0 saturated carbocycles. The van der Waals surface area contributed by atoms with E-state index in [0.717, 1.165) is 31.5 Å². The fraction of sp³-hybridized carbons (Fsp3) is 0.533. The number of nitrogens with zero attached hydrogens (tertiary/aromatic N) is 1. The molecule has 0 spiro atoms. The number of carbonyl (C=O) groups excluding carboxylic acids is 1. The van der Waals surface area contributed by atoms with Crippen molar-refractivity contribution < 1.29 is 9.90 Å². The maximum Gasteiger partial charge on any atom is 0.226 e. The summed E-state index contributed by atoms with van der Waals surface area (Å²) in [6, 6.07) is 7.43. The Labute approximate surface area is 119 Å². The number of aliphatic hydroxyl groups excluding tert-OH is 1. The van der Waals surface area contributed by atoms with E-state index in [0.29, 0.717) is 17.4 Å². The van der Waals surface area contributed by atoms with E-state index >= 15 is 0 Å². The van der Waals surface area contributed by atoms with Gasteiger partial charge in [0.05, 0.1) is 12.5 Å². The highest BCUT2D eigenvalue weighted by molar-refractivity contribution is 6.30. The van der Waals surface area contributed by atoms with Crippen LogP contribution in [-0.4, -0.2) is 35.1 Å². The Balaban J connectivity index is 1.88. The van der Waals surface area contributed by atoms with Gasteiger partial charge in [-0.3, -0.25) is 4.79 Å². The number of amides is 1. The molecule has 1 fully saturated rings. The molecule has 1 unspecified atom stereocenters. The standard InChI is InChI=1S/C15H20ClNO2/c1-11(18)13-5-7-17(8-6-13)15(19)10-12-3-2-4-14(16)9-12/h2-4,9,11,13,18H,5-8,10H2,1H3. The molecule has 1 amide bonds. The van der Waals surface area contributed by atoms with Gasteiger partial charge < -0.3 is 10.0 Å². The molecule has 1 N–H and O–H groups in total. The van der Waals surface area contributed by atoms with Crippen LogP contribution in [-0.2, 0) is 11.2 Å². The SMILES string of the molecule is CC(O)C1CCN(C(=O)Cc2cccc(Cl)c2)CC1. The van der Waals surface area contributed by atoms with Crippen molar-refractivity contribution in [2.75, 3.05) is 13.1 Å². The third-order valence-electron chi connectivity index (χ3n) is 3.82. The van der Waals surface area contributed by atoms with Crippen LogP contribution in [0.5, 0.6) is 0 Å². The molecule has 1 heterocycles. The van der Waals surface area contributed by atoms with Gasteiger partial charge in [0.15, 0.2) is 0 Å². The van der Waals surface area contributed by atoms with Crippen LogP contribution in [0.25, 0.3) is 0 Å². The number of benzene rings is 1. The van der Waals surface area contributed by atoms with Crippen molar-refractivity contribution in [2.45, 2.75) is 32.3 Å². The van der Waals surface area contributed by atoms with E-state index in [4.69, 9.17) is 11.6 Å². The zero-order valence-corrected chi connectivity index (χ0v) is 11.9. The summed E-state index contributed by atoms with van der Waals surface area (Å²) in [5, 5.41) is 10.2. The van der Waals surface area contributed by atoms with Gasteiger partial charge in [-0.1, -0.05) is 23.7 Å². The Kier molecular flexibility index (Phi) is 4.83. The third-order valence-corrected chi connectivity index (χ3v) is 4.05. The molecule has 1 aromatic rings. The summed E-state index contributed by atoms with van der Waals surface area (Å²) in [5.74, 6) is 0.474. The predicted octanol–water partition coefficient (Wildman–Crippen LogP) is 2.50. The molecule has 19 heavy (non-hydrogen) atoms. The van der Waals surface area contributed by atoms with Crippen LogP contribution >= 0.6 is 11.6 Å². The van der Waals surface area contributed by atoms with Gasteiger partial charge in [0.2, 0.25) is 5.91 Å². The molecule has 1 atom stereocenters. The Morgan fingerprint density at radius 1 is 1.47 bits per heavy atom. The summed E-state index contributed by atoms with van der Waals surface area (Å²) in [7, 11) is 0. The first-order valence-electron chi connectivity index (χ1n) is 6.76. The number of piperidine rings is 1. The Morgan fingerprint density at radius 2 is 2.16 bits per heavy atom. The van der Waals surface area contributed by atoms with E-state index in [1.807, 2.05) is 36.1 Å². The fourth-order valence-corrected chi connectivity index (χ4v) is 2.78. The first-order chi connectivity index (χ1) is 9.06. The summed E-state index contributed by atoms with van der Waals surface area (Å²) in [6.45, 7) is 3.32. The summed E-state index contributed by atoms with van der Waals surface area (Å²) in [5.41, 5.74) is 0.954. The fourth-order valence-electron chi connectivity index (χ4n) is 2.56. The van der Waals surface area contributed by atoms with Gasteiger partial charge in [0, 0.05) is 18.1 Å². The molecule has 0 radical (unpaired) electrons. The van der Waals surface area contributed by atoms with E-state index in [1.54, 1.807) is 0 Å². The van der Waals surface area contributed by atoms with Crippen molar-refractivity contribution in [3.05, 3.63) is 34.9 Å². The van der Waals surface area contributed by atoms with Gasteiger partial charge in [-0.05, 0) is 43.4 Å². The average molecular weight is 282 g/mol. The van der Waals surface area contributed by atoms with Gasteiger partial charge in [-0.15, -0.1) is 0 Å². The molecule has 2 rings (SSSR count). The Morgan fingerprint density at radius 3 is 2.74 bits per heavy atom. The molecule has 1 saturated heterocycles. The lowest BCUT2D eigenvalue weighted by molar-refractivity contribution is -0.132. The second kappa shape index (κ2) is 6.40. The maximum absolute atomic E-state index is 12.2. The van der Waals surface area contributed by atoms with Gasteiger partial charge >= 0.3 is 0 Å². The lowest BCUT2D eigenvalue weighted by atomic mass is 9.92. The van der Waals surface area contributed by atoms with Gasteiger partial charge in [-0.25, -0.2) is 0 Å². The lowest BCUT2D eigenvalue weighted by Gasteiger charge is -2.33. The van der Waals surface area contributed by atoms with Crippen molar-refractivity contribution in [1.82, 2.24) is 4.90 Å². The average Bonchev–Trinajstić information content (AvgIpc) is 2.39. The summed E-state index contributed by atoms with van der Waals surface area (Å²) in [6.07, 6.45) is 1.91. The molecule has 1 aromatic carbocycles. The van der Waals surface area contributed by atoms with Crippen molar-refractivity contribution in [3.8, 4) is 0 Å². The molecule has 0 aliphatic carbocycles. The molecule has 3 nitrogen and oxygen atoms in total. The summed E-state index contributed by atoms with van der Waals surface area (Å²) >= 11 is 5.92. The molecule has 4 heteroatoms. The minimum absolute atomic E-state index is 0.145. The number of halogens is 1. The zero-order valence-electron chi connectivity index (χ0n) is 11.2. The molecular formula is C15H20ClNO2. The summed E-state index contributed by atoms with van der Waals surface area (Å²) in [4.78, 5) is 14.1. The number of rotatable bonds is 3. The van der Waals surface area contributed by atoms with E-state index in [2.05, 4.69) is 0 Å². The number of carbonyl (C=O) groups is 1. The first-order valence-corrected chi connectivity index (χ1v) is 7.14. The maximum atomic E-state index is 12.2. The van der Waals surface area contributed by atoms with Gasteiger partial charge in [-0.2, -0.15) is 0 Å². The molecule has 104 valence electrons. The normalized spacial score (nSPS) is 18.4. The number of hydrogen-bond acceptors (Lipinski definition) is 2. The quantitative estimate of drug-likeness (QED) is 0.925. The monoisotopic (exact) mass is 281 g/mol. The van der Waals surface area contributed by atoms with Crippen molar-refractivity contribution in [1.29, 1.82) is 0 Å². The smallest absolute Gasteiger partial charge is 0.226 e. The van der Waals surface area contributed by atoms with Crippen molar-refractivity contribution >= 4 is 17.5 Å². The minimum Gasteiger partial charge on any atom is -0.393 e. The largest absolute Gasteiger partial charge is 0.393 e. The second-order valence-electron chi connectivity index (χ2n) is 5.27. The minimum atomic E-state index is -0.273. The van der Waals surface area contributed by atoms with E-state index in [9.17, 15) is 9.90 Å². The number of likely N-dealkylation sites (tertiary alicyclic amines) is 1. The van der Waals surface area contributed by atoms with E-state index in [-0.39, 0.29) is 12.0 Å². The topological polar surface area (TPSA) is 40.5 Å². The molecular weight excluding hydrogens is 262 g/mol. The van der Waals surface area contributed by atoms with Crippen molar-refractivity contribution in [3.63, 3.8) is 0 Å². The molecule has 0 bridgehead atoms.